The molecular formula is C16H18FN5O2. The fraction of sp³-hybridized carbons (Fsp3) is 0.312. The number of nitrogens with one attached hydrogen (secondary N) is 1. The third kappa shape index (κ3) is 2.70. The van der Waals surface area contributed by atoms with Crippen molar-refractivity contribution in [3.8, 4) is 0 Å². The summed E-state index contributed by atoms with van der Waals surface area (Å²) in [5, 5.41) is 6.58. The van der Waals surface area contributed by atoms with Gasteiger partial charge in [-0.1, -0.05) is 19.1 Å². The van der Waals surface area contributed by atoms with Crippen LogP contribution in [0, 0.1) is 5.82 Å². The van der Waals surface area contributed by atoms with Crippen molar-refractivity contribution in [2.45, 2.75) is 12.3 Å². The summed E-state index contributed by atoms with van der Waals surface area (Å²) in [4.78, 5) is 25.3. The van der Waals surface area contributed by atoms with Gasteiger partial charge in [-0.2, -0.15) is 5.10 Å². The van der Waals surface area contributed by atoms with E-state index in [0.29, 0.717) is 13.1 Å². The van der Waals surface area contributed by atoms with Crippen LogP contribution in [0.1, 0.15) is 23.0 Å². The van der Waals surface area contributed by atoms with Gasteiger partial charge in [0.25, 0.3) is 5.91 Å². The van der Waals surface area contributed by atoms with E-state index in [4.69, 9.17) is 5.73 Å². The van der Waals surface area contributed by atoms with Crippen LogP contribution in [0.4, 0.5) is 14.9 Å². The summed E-state index contributed by atoms with van der Waals surface area (Å²) in [7, 11) is 1.57. The standard InChI is InChI=1S/C16H18FN5O2/c1-16(10-3-5-11(17)6-4-10)8-22(9-16)15(24)20-12-7-19-21(2)13(12)14(18)23/h3-7H,8-9H2,1-2H3,(H2,18,23)(H,20,24). The Morgan fingerprint density at radius 1 is 1.29 bits per heavy atom. The Morgan fingerprint density at radius 2 is 1.92 bits per heavy atom. The number of carbonyl (C=O) groups excluding carboxylic acids is 2. The minimum atomic E-state index is -0.662. The second-order valence-electron chi connectivity index (χ2n) is 6.25. The van der Waals surface area contributed by atoms with Gasteiger partial charge in [-0.15, -0.1) is 0 Å². The molecule has 2 heterocycles. The summed E-state index contributed by atoms with van der Waals surface area (Å²) >= 11 is 0. The molecule has 1 aromatic carbocycles. The molecule has 3 rings (SSSR count). The molecule has 2 aromatic rings. The van der Waals surface area contributed by atoms with E-state index in [1.165, 1.54) is 23.0 Å². The average molecular weight is 331 g/mol. The highest BCUT2D eigenvalue weighted by atomic mass is 19.1. The van der Waals surface area contributed by atoms with Crippen LogP contribution in [0.5, 0.6) is 0 Å². The molecule has 0 radical (unpaired) electrons. The molecule has 0 unspecified atom stereocenters. The lowest BCUT2D eigenvalue weighted by molar-refractivity contribution is 0.0992. The molecule has 0 aliphatic carbocycles. The summed E-state index contributed by atoms with van der Waals surface area (Å²) in [6, 6.07) is 5.97. The molecule has 8 heteroatoms. The van der Waals surface area contributed by atoms with Gasteiger partial charge in [-0.05, 0) is 17.7 Å². The summed E-state index contributed by atoms with van der Waals surface area (Å²) in [5.74, 6) is -0.947. The van der Waals surface area contributed by atoms with Crippen LogP contribution in [0.25, 0.3) is 0 Å². The zero-order chi connectivity index (χ0) is 17.5. The second-order valence-corrected chi connectivity index (χ2v) is 6.25. The number of benzene rings is 1. The van der Waals surface area contributed by atoms with Gasteiger partial charge in [-0.3, -0.25) is 9.48 Å². The minimum absolute atomic E-state index is 0.144. The largest absolute Gasteiger partial charge is 0.364 e. The highest BCUT2D eigenvalue weighted by Gasteiger charge is 2.42. The van der Waals surface area contributed by atoms with Crippen LogP contribution >= 0.6 is 0 Å². The lowest BCUT2D eigenvalue weighted by Crippen LogP contribution is -2.60. The first-order valence-electron chi connectivity index (χ1n) is 7.44. The number of primary amides is 1. The molecule has 3 N–H and O–H groups in total. The number of hydrogen-bond donors (Lipinski definition) is 2. The van der Waals surface area contributed by atoms with Crippen molar-refractivity contribution in [3.05, 3.63) is 47.5 Å². The van der Waals surface area contributed by atoms with Gasteiger partial charge in [-0.25, -0.2) is 9.18 Å². The topological polar surface area (TPSA) is 93.2 Å². The van der Waals surface area contributed by atoms with Gasteiger partial charge < -0.3 is 16.0 Å². The van der Waals surface area contributed by atoms with Crippen molar-refractivity contribution in [2.24, 2.45) is 12.8 Å². The van der Waals surface area contributed by atoms with E-state index in [9.17, 15) is 14.0 Å². The van der Waals surface area contributed by atoms with Crippen molar-refractivity contribution in [1.29, 1.82) is 0 Å². The van der Waals surface area contributed by atoms with Gasteiger partial charge in [0.1, 0.15) is 11.5 Å². The Kier molecular flexibility index (Phi) is 3.75. The summed E-state index contributed by atoms with van der Waals surface area (Å²) < 4.78 is 14.3. The van der Waals surface area contributed by atoms with Gasteiger partial charge in [0, 0.05) is 25.6 Å². The van der Waals surface area contributed by atoms with E-state index in [2.05, 4.69) is 10.4 Å². The third-order valence-corrected chi connectivity index (χ3v) is 4.32. The lowest BCUT2D eigenvalue weighted by Gasteiger charge is -2.48. The van der Waals surface area contributed by atoms with Crippen LogP contribution in [-0.4, -0.2) is 39.7 Å². The molecule has 0 atom stereocenters. The molecule has 1 aliphatic rings. The van der Waals surface area contributed by atoms with Gasteiger partial charge in [0.05, 0.1) is 11.9 Å². The molecule has 0 spiro atoms. The maximum atomic E-state index is 13.0. The number of anilines is 1. The summed E-state index contributed by atoms with van der Waals surface area (Å²) in [5.41, 5.74) is 6.48. The average Bonchev–Trinajstić information content (AvgIpc) is 2.85. The first-order valence-corrected chi connectivity index (χ1v) is 7.44. The van der Waals surface area contributed by atoms with E-state index in [1.54, 1.807) is 24.1 Å². The van der Waals surface area contributed by atoms with Gasteiger partial charge in [0.15, 0.2) is 0 Å². The SMILES string of the molecule is Cn1ncc(NC(=O)N2CC(C)(c3ccc(F)cc3)C2)c1C(N)=O. The number of amides is 3. The van der Waals surface area contributed by atoms with Crippen molar-refractivity contribution in [2.75, 3.05) is 18.4 Å². The highest BCUT2D eigenvalue weighted by Crippen LogP contribution is 2.34. The normalized spacial score (nSPS) is 15.7. The van der Waals surface area contributed by atoms with Crippen LogP contribution in [0.3, 0.4) is 0 Å². The molecule has 1 fully saturated rings. The van der Waals surface area contributed by atoms with Crippen LogP contribution in [0.15, 0.2) is 30.5 Å². The number of likely N-dealkylation sites (tertiary alicyclic amines) is 1. The Balaban J connectivity index is 1.67. The summed E-state index contributed by atoms with van der Waals surface area (Å²) in [6.07, 6.45) is 1.39. The summed E-state index contributed by atoms with van der Waals surface area (Å²) in [6.45, 7) is 3.01. The van der Waals surface area contributed by atoms with Gasteiger partial charge >= 0.3 is 6.03 Å². The predicted molar refractivity (Wildman–Crippen MR) is 86.1 cm³/mol. The smallest absolute Gasteiger partial charge is 0.322 e. The molecule has 3 amide bonds. The Hall–Kier alpha value is -2.90. The zero-order valence-electron chi connectivity index (χ0n) is 13.4. The number of hydrogen-bond acceptors (Lipinski definition) is 3. The molecule has 1 aromatic heterocycles. The van der Waals surface area contributed by atoms with E-state index in [-0.39, 0.29) is 28.6 Å². The number of carbonyl (C=O) groups is 2. The predicted octanol–water partition coefficient (Wildman–Crippen LogP) is 1.46. The Labute approximate surface area is 138 Å². The van der Waals surface area contributed by atoms with Crippen molar-refractivity contribution >= 4 is 17.6 Å². The van der Waals surface area contributed by atoms with Crippen LogP contribution < -0.4 is 11.1 Å². The monoisotopic (exact) mass is 331 g/mol. The fourth-order valence-electron chi connectivity index (χ4n) is 2.99. The molecule has 0 bridgehead atoms. The van der Waals surface area contributed by atoms with Crippen molar-refractivity contribution in [3.63, 3.8) is 0 Å². The first-order chi connectivity index (χ1) is 11.3. The van der Waals surface area contributed by atoms with Crippen molar-refractivity contribution in [1.82, 2.24) is 14.7 Å². The molecule has 1 aliphatic heterocycles. The number of nitrogens with zero attached hydrogens (tertiary/aromatic N) is 3. The molecule has 126 valence electrons. The van der Waals surface area contributed by atoms with Crippen molar-refractivity contribution < 1.29 is 14.0 Å². The van der Waals surface area contributed by atoms with Gasteiger partial charge in [0.2, 0.25) is 0 Å². The lowest BCUT2D eigenvalue weighted by atomic mass is 9.76. The van der Waals surface area contributed by atoms with E-state index in [0.717, 1.165) is 5.56 Å². The molecule has 7 nitrogen and oxygen atoms in total. The number of nitrogens with two attached hydrogens (primary N) is 1. The number of halogens is 1. The van der Waals surface area contributed by atoms with E-state index >= 15 is 0 Å². The Morgan fingerprint density at radius 3 is 2.50 bits per heavy atom. The molecule has 0 saturated carbocycles. The maximum absolute atomic E-state index is 13.0. The number of rotatable bonds is 3. The van der Waals surface area contributed by atoms with Crippen LogP contribution in [0.2, 0.25) is 0 Å². The number of aryl methyl sites for hydroxylation is 1. The van der Waals surface area contributed by atoms with E-state index in [1.807, 2.05) is 6.92 Å². The van der Waals surface area contributed by atoms with E-state index < -0.39 is 5.91 Å². The minimum Gasteiger partial charge on any atom is -0.364 e. The first kappa shape index (κ1) is 16.0. The zero-order valence-corrected chi connectivity index (χ0v) is 13.4. The second kappa shape index (κ2) is 5.63. The Bertz CT molecular complexity index is 793. The highest BCUT2D eigenvalue weighted by molar-refractivity contribution is 6.01. The fourth-order valence-corrected chi connectivity index (χ4v) is 2.99. The quantitative estimate of drug-likeness (QED) is 0.892. The molecular weight excluding hydrogens is 313 g/mol. The number of urea groups is 1. The third-order valence-electron chi connectivity index (χ3n) is 4.32. The number of aromatic nitrogens is 2. The molecule has 24 heavy (non-hydrogen) atoms. The van der Waals surface area contributed by atoms with Crippen LogP contribution in [-0.2, 0) is 12.5 Å². The maximum Gasteiger partial charge on any atom is 0.322 e. The molecule has 1 saturated heterocycles.